The van der Waals surface area contributed by atoms with E-state index in [0.29, 0.717) is 11.8 Å². The zero-order valence-corrected chi connectivity index (χ0v) is 16.5. The maximum Gasteiger partial charge on any atom is 0.317 e. The molecule has 4 rings (SSSR count). The van der Waals surface area contributed by atoms with Crippen molar-refractivity contribution in [1.82, 2.24) is 25.0 Å². The first-order valence-electron chi connectivity index (χ1n) is 10.0. The van der Waals surface area contributed by atoms with Crippen LogP contribution in [-0.2, 0) is 19.4 Å². The number of aryl methyl sites for hydroxylation is 2. The number of hydrogen-bond acceptors (Lipinski definition) is 3. The van der Waals surface area contributed by atoms with Crippen molar-refractivity contribution in [2.45, 2.75) is 58.5 Å². The van der Waals surface area contributed by atoms with Gasteiger partial charge in [-0.05, 0) is 31.2 Å². The fourth-order valence-corrected chi connectivity index (χ4v) is 4.20. The van der Waals surface area contributed by atoms with Crippen LogP contribution in [0.3, 0.4) is 0 Å². The maximum atomic E-state index is 12.6. The van der Waals surface area contributed by atoms with Crippen LogP contribution in [0.1, 0.15) is 49.0 Å². The fourth-order valence-electron chi connectivity index (χ4n) is 4.20. The number of hydrogen-bond donors (Lipinski definition) is 1. The summed E-state index contributed by atoms with van der Waals surface area (Å²) in [5.41, 5.74) is 2.67. The molecule has 144 valence electrons. The zero-order chi connectivity index (χ0) is 19.0. The smallest absolute Gasteiger partial charge is 0.317 e. The molecule has 6 heteroatoms. The molecule has 0 radical (unpaired) electrons. The molecule has 0 saturated carbocycles. The molecule has 6 nitrogen and oxygen atoms in total. The summed E-state index contributed by atoms with van der Waals surface area (Å²) < 4.78 is 2.19. The van der Waals surface area contributed by atoms with Gasteiger partial charge in [0.05, 0.1) is 0 Å². The monoisotopic (exact) mass is 367 g/mol. The Morgan fingerprint density at radius 3 is 2.81 bits per heavy atom. The lowest BCUT2D eigenvalue weighted by atomic mass is 9.92. The zero-order valence-electron chi connectivity index (χ0n) is 16.5. The van der Waals surface area contributed by atoms with Gasteiger partial charge in [0, 0.05) is 38.0 Å². The van der Waals surface area contributed by atoms with Crippen LogP contribution in [-0.4, -0.2) is 44.8 Å². The summed E-state index contributed by atoms with van der Waals surface area (Å²) >= 11 is 0. The molecule has 1 aromatic carbocycles. The standard InChI is InChI=1S/C21H29N5O/c1-14(2)20-24-23-19-8-7-18(13-26(19)20)22-21(27)25-11-17(12-25)10-16-6-4-5-15(3)9-16/h4-6,9,14,17-18H,7-8,10-13H2,1-3H3,(H,22,27). The first-order valence-corrected chi connectivity index (χ1v) is 10.0. The summed E-state index contributed by atoms with van der Waals surface area (Å²) in [5.74, 6) is 2.98. The van der Waals surface area contributed by atoms with Crippen LogP contribution in [0.25, 0.3) is 0 Å². The van der Waals surface area contributed by atoms with Gasteiger partial charge in [0.2, 0.25) is 0 Å². The normalized spacial score (nSPS) is 19.7. The molecule has 2 aliphatic rings. The van der Waals surface area contributed by atoms with Crippen LogP contribution in [0.5, 0.6) is 0 Å². The summed E-state index contributed by atoms with van der Waals surface area (Å²) in [4.78, 5) is 14.5. The molecule has 0 bridgehead atoms. The van der Waals surface area contributed by atoms with Crippen LogP contribution in [0, 0.1) is 12.8 Å². The lowest BCUT2D eigenvalue weighted by Crippen LogP contribution is -2.57. The van der Waals surface area contributed by atoms with E-state index in [1.165, 1.54) is 11.1 Å². The van der Waals surface area contributed by atoms with E-state index in [9.17, 15) is 4.79 Å². The summed E-state index contributed by atoms with van der Waals surface area (Å²) in [5, 5.41) is 11.8. The van der Waals surface area contributed by atoms with Gasteiger partial charge in [0.25, 0.3) is 0 Å². The average molecular weight is 367 g/mol. The molecular formula is C21H29N5O. The van der Waals surface area contributed by atoms with Crippen molar-refractivity contribution < 1.29 is 4.79 Å². The third kappa shape index (κ3) is 3.84. The van der Waals surface area contributed by atoms with Crippen molar-refractivity contribution in [2.24, 2.45) is 5.92 Å². The number of carbonyl (C=O) groups is 1. The van der Waals surface area contributed by atoms with E-state index in [1.54, 1.807) is 0 Å². The predicted octanol–water partition coefficient (Wildman–Crippen LogP) is 2.91. The highest BCUT2D eigenvalue weighted by Crippen LogP contribution is 2.23. The fraction of sp³-hybridized carbons (Fsp3) is 0.571. The third-order valence-electron chi connectivity index (χ3n) is 5.67. The first-order chi connectivity index (χ1) is 13.0. The van der Waals surface area contributed by atoms with Crippen LogP contribution in [0.2, 0.25) is 0 Å². The molecule has 2 aliphatic heterocycles. The number of urea groups is 1. The van der Waals surface area contributed by atoms with E-state index in [4.69, 9.17) is 0 Å². The summed E-state index contributed by atoms with van der Waals surface area (Å²) in [7, 11) is 0. The molecule has 1 aromatic heterocycles. The predicted molar refractivity (Wildman–Crippen MR) is 105 cm³/mol. The first kappa shape index (κ1) is 18.0. The van der Waals surface area contributed by atoms with E-state index in [-0.39, 0.29) is 12.1 Å². The maximum absolute atomic E-state index is 12.6. The van der Waals surface area contributed by atoms with E-state index >= 15 is 0 Å². The second-order valence-corrected chi connectivity index (χ2v) is 8.39. The molecule has 1 saturated heterocycles. The van der Waals surface area contributed by atoms with Gasteiger partial charge < -0.3 is 14.8 Å². The molecular weight excluding hydrogens is 338 g/mol. The minimum absolute atomic E-state index is 0.0723. The number of carbonyl (C=O) groups excluding carboxylic acids is 1. The minimum Gasteiger partial charge on any atom is -0.333 e. The summed E-state index contributed by atoms with van der Waals surface area (Å²) in [6.45, 7) is 8.87. The minimum atomic E-state index is 0.0723. The Morgan fingerprint density at radius 2 is 2.07 bits per heavy atom. The topological polar surface area (TPSA) is 63.1 Å². The average Bonchev–Trinajstić information content (AvgIpc) is 3.01. The number of fused-ring (bicyclic) bond motifs is 1. The Labute approximate surface area is 161 Å². The van der Waals surface area contributed by atoms with Crippen LogP contribution in [0.4, 0.5) is 4.79 Å². The van der Waals surface area contributed by atoms with E-state index in [1.807, 2.05) is 4.90 Å². The summed E-state index contributed by atoms with van der Waals surface area (Å²) in [6, 6.07) is 8.90. The second-order valence-electron chi connectivity index (χ2n) is 8.39. The van der Waals surface area contributed by atoms with Gasteiger partial charge in [-0.3, -0.25) is 0 Å². The van der Waals surface area contributed by atoms with Gasteiger partial charge >= 0.3 is 6.03 Å². The largest absolute Gasteiger partial charge is 0.333 e. The van der Waals surface area contributed by atoms with Crippen molar-refractivity contribution in [3.05, 3.63) is 47.0 Å². The van der Waals surface area contributed by atoms with Crippen LogP contribution >= 0.6 is 0 Å². The lowest BCUT2D eigenvalue weighted by molar-refractivity contribution is 0.116. The van der Waals surface area contributed by atoms with Crippen molar-refractivity contribution in [1.29, 1.82) is 0 Å². The molecule has 2 aromatic rings. The number of nitrogens with one attached hydrogen (secondary N) is 1. The Hall–Kier alpha value is -2.37. The van der Waals surface area contributed by atoms with Crippen LogP contribution in [0.15, 0.2) is 24.3 Å². The molecule has 1 atom stereocenters. The quantitative estimate of drug-likeness (QED) is 0.904. The van der Waals surface area contributed by atoms with E-state index in [0.717, 1.165) is 50.5 Å². The van der Waals surface area contributed by atoms with E-state index < -0.39 is 0 Å². The number of likely N-dealkylation sites (tertiary alicyclic amines) is 1. The Morgan fingerprint density at radius 1 is 1.26 bits per heavy atom. The van der Waals surface area contributed by atoms with Crippen molar-refractivity contribution in [2.75, 3.05) is 13.1 Å². The lowest BCUT2D eigenvalue weighted by Gasteiger charge is -2.40. The van der Waals surface area contributed by atoms with Gasteiger partial charge in [-0.25, -0.2) is 4.79 Å². The van der Waals surface area contributed by atoms with Gasteiger partial charge in [-0.15, -0.1) is 10.2 Å². The molecule has 0 spiro atoms. The van der Waals surface area contributed by atoms with Crippen LogP contribution < -0.4 is 5.32 Å². The number of amides is 2. The number of benzene rings is 1. The molecule has 2 amide bonds. The molecule has 1 unspecified atom stereocenters. The second kappa shape index (κ2) is 7.33. The third-order valence-corrected chi connectivity index (χ3v) is 5.67. The Kier molecular flexibility index (Phi) is 4.89. The van der Waals surface area contributed by atoms with E-state index in [2.05, 4.69) is 65.1 Å². The molecule has 3 heterocycles. The Bertz CT molecular complexity index is 822. The highest BCUT2D eigenvalue weighted by Gasteiger charge is 2.32. The number of aromatic nitrogens is 3. The van der Waals surface area contributed by atoms with Crippen molar-refractivity contribution in [3.63, 3.8) is 0 Å². The molecule has 0 aliphatic carbocycles. The van der Waals surface area contributed by atoms with Gasteiger partial charge in [-0.1, -0.05) is 43.7 Å². The highest BCUT2D eigenvalue weighted by atomic mass is 16.2. The molecule has 1 fully saturated rings. The van der Waals surface area contributed by atoms with Crippen molar-refractivity contribution in [3.8, 4) is 0 Å². The SMILES string of the molecule is Cc1cccc(CC2CN(C(=O)NC3CCc4nnc(C(C)C)n4C3)C2)c1. The number of rotatable bonds is 4. The molecule has 1 N–H and O–H groups in total. The van der Waals surface area contributed by atoms with Gasteiger partial charge in [-0.2, -0.15) is 0 Å². The Balaban J connectivity index is 1.28. The molecule has 27 heavy (non-hydrogen) atoms. The van der Waals surface area contributed by atoms with Gasteiger partial charge in [0.1, 0.15) is 11.6 Å². The highest BCUT2D eigenvalue weighted by molar-refractivity contribution is 5.75. The summed E-state index contributed by atoms with van der Waals surface area (Å²) in [6.07, 6.45) is 2.86. The number of nitrogens with zero attached hydrogens (tertiary/aromatic N) is 4. The van der Waals surface area contributed by atoms with Crippen molar-refractivity contribution >= 4 is 6.03 Å². The van der Waals surface area contributed by atoms with Gasteiger partial charge in [0.15, 0.2) is 0 Å².